The average Bonchev–Trinajstić information content (AvgIpc) is 3.12. The van der Waals surface area contributed by atoms with Crippen LogP contribution < -0.4 is 10.7 Å². The van der Waals surface area contributed by atoms with Crippen molar-refractivity contribution in [3.05, 3.63) is 33.7 Å². The van der Waals surface area contributed by atoms with Crippen LogP contribution >= 0.6 is 0 Å². The van der Waals surface area contributed by atoms with Gasteiger partial charge in [-0.05, 0) is 25.2 Å². The molecule has 1 N–H and O–H groups in total. The van der Waals surface area contributed by atoms with Crippen molar-refractivity contribution >= 4 is 11.8 Å². The zero-order valence-electron chi connectivity index (χ0n) is 17.1. The maximum absolute atomic E-state index is 12.9. The van der Waals surface area contributed by atoms with Gasteiger partial charge in [-0.15, -0.1) is 0 Å². The lowest BCUT2D eigenvalue weighted by Crippen LogP contribution is -2.39. The molecule has 0 saturated heterocycles. The van der Waals surface area contributed by atoms with Crippen LogP contribution in [0.15, 0.2) is 17.2 Å². The number of nitrogens with zero attached hydrogens (tertiary/aromatic N) is 2. The highest BCUT2D eigenvalue weighted by atomic mass is 16.2. The fourth-order valence-corrected chi connectivity index (χ4v) is 3.51. The van der Waals surface area contributed by atoms with E-state index in [9.17, 15) is 14.4 Å². The number of hydrogen-bond donors (Lipinski definition) is 1. The van der Waals surface area contributed by atoms with E-state index in [-0.39, 0.29) is 29.0 Å². The van der Waals surface area contributed by atoms with Crippen molar-refractivity contribution in [2.75, 3.05) is 13.6 Å². The Kier molecular flexibility index (Phi) is 7.63. The van der Waals surface area contributed by atoms with Gasteiger partial charge in [-0.3, -0.25) is 14.4 Å². The highest BCUT2D eigenvalue weighted by Gasteiger charge is 2.24. The molecule has 2 amide bonds. The van der Waals surface area contributed by atoms with Crippen LogP contribution in [0.25, 0.3) is 0 Å². The zero-order valence-corrected chi connectivity index (χ0v) is 17.1. The normalized spacial score (nSPS) is 14.6. The molecule has 6 nitrogen and oxygen atoms in total. The summed E-state index contributed by atoms with van der Waals surface area (Å²) < 4.78 is 1.80. The monoisotopic (exact) mass is 375 g/mol. The largest absolute Gasteiger partial charge is 0.352 e. The Bertz CT molecular complexity index is 718. The number of carbonyl (C=O) groups is 2. The molecule has 0 spiro atoms. The van der Waals surface area contributed by atoms with Crippen LogP contribution in [0.2, 0.25) is 0 Å². The number of pyridine rings is 1. The summed E-state index contributed by atoms with van der Waals surface area (Å²) in [6, 6.07) is 0.127. The van der Waals surface area contributed by atoms with Crippen LogP contribution in [0.4, 0.5) is 0 Å². The van der Waals surface area contributed by atoms with E-state index in [1.165, 1.54) is 0 Å². The molecule has 150 valence electrons. The van der Waals surface area contributed by atoms with Gasteiger partial charge in [0.05, 0.1) is 0 Å². The van der Waals surface area contributed by atoms with Gasteiger partial charge in [0.15, 0.2) is 0 Å². The molecular weight excluding hydrogens is 342 g/mol. The number of aromatic nitrogens is 1. The third-order valence-electron chi connectivity index (χ3n) is 5.01. The highest BCUT2D eigenvalue weighted by molar-refractivity contribution is 5.99. The Hall–Kier alpha value is -2.11. The second-order valence-electron chi connectivity index (χ2n) is 8.04. The van der Waals surface area contributed by atoms with Crippen molar-refractivity contribution in [3.8, 4) is 0 Å². The Morgan fingerprint density at radius 1 is 1.22 bits per heavy atom. The van der Waals surface area contributed by atoms with Gasteiger partial charge in [0.25, 0.3) is 11.8 Å². The number of unbranched alkanes of at least 4 members (excludes halogenated alkanes) is 1. The van der Waals surface area contributed by atoms with Crippen molar-refractivity contribution in [3.63, 3.8) is 0 Å². The molecule has 6 heteroatoms. The number of nitrogens with one attached hydrogen (secondary N) is 1. The molecule has 1 fully saturated rings. The molecular formula is C21H33N3O3. The minimum absolute atomic E-state index is 0.0669. The molecule has 0 radical (unpaired) electrons. The summed E-state index contributed by atoms with van der Waals surface area (Å²) in [7, 11) is 1.70. The van der Waals surface area contributed by atoms with Crippen molar-refractivity contribution < 1.29 is 9.59 Å². The summed E-state index contributed by atoms with van der Waals surface area (Å²) >= 11 is 0. The molecule has 1 heterocycles. The lowest BCUT2D eigenvalue weighted by molar-refractivity contribution is 0.0791. The van der Waals surface area contributed by atoms with Crippen molar-refractivity contribution in [2.24, 2.45) is 5.92 Å². The number of amides is 2. The van der Waals surface area contributed by atoms with E-state index >= 15 is 0 Å². The van der Waals surface area contributed by atoms with Crippen LogP contribution in [0.5, 0.6) is 0 Å². The zero-order chi connectivity index (χ0) is 20.0. The minimum Gasteiger partial charge on any atom is -0.352 e. The lowest BCUT2D eigenvalue weighted by Gasteiger charge is -2.19. The summed E-state index contributed by atoms with van der Waals surface area (Å²) in [4.78, 5) is 40.0. The molecule has 0 atom stereocenters. The van der Waals surface area contributed by atoms with Crippen molar-refractivity contribution in [2.45, 2.75) is 71.9 Å². The molecule has 0 aromatic carbocycles. The second-order valence-corrected chi connectivity index (χ2v) is 8.04. The first-order valence-electron chi connectivity index (χ1n) is 10.1. The molecule has 1 aromatic heterocycles. The molecule has 0 unspecified atom stereocenters. The van der Waals surface area contributed by atoms with E-state index in [0.29, 0.717) is 19.0 Å². The first-order valence-corrected chi connectivity index (χ1v) is 10.1. The summed E-state index contributed by atoms with van der Waals surface area (Å²) in [5.41, 5.74) is -0.329. The van der Waals surface area contributed by atoms with Crippen molar-refractivity contribution in [1.29, 1.82) is 0 Å². The third-order valence-corrected chi connectivity index (χ3v) is 5.01. The average molecular weight is 376 g/mol. The fourth-order valence-electron chi connectivity index (χ4n) is 3.51. The van der Waals surface area contributed by atoms with Gasteiger partial charge in [-0.2, -0.15) is 0 Å². The van der Waals surface area contributed by atoms with Crippen LogP contribution in [0.1, 0.15) is 80.0 Å². The SMILES string of the molecule is CCCCN(C)C(=O)c1cn(CC(C)C)cc(C(=O)NC2CCCC2)c1=O. The van der Waals surface area contributed by atoms with E-state index in [1.54, 1.807) is 28.9 Å². The predicted molar refractivity (Wildman–Crippen MR) is 107 cm³/mol. The van der Waals surface area contributed by atoms with Gasteiger partial charge in [-0.1, -0.05) is 40.0 Å². The number of hydrogen-bond acceptors (Lipinski definition) is 3. The maximum atomic E-state index is 12.9. The first-order chi connectivity index (χ1) is 12.8. The number of rotatable bonds is 8. The summed E-state index contributed by atoms with van der Waals surface area (Å²) in [5.74, 6) is -0.351. The molecule has 1 aliphatic rings. The number of carbonyl (C=O) groups excluding carboxylic acids is 2. The molecule has 27 heavy (non-hydrogen) atoms. The Morgan fingerprint density at radius 3 is 2.44 bits per heavy atom. The quantitative estimate of drug-likeness (QED) is 0.759. The molecule has 1 saturated carbocycles. The minimum atomic E-state index is -0.473. The van der Waals surface area contributed by atoms with E-state index in [4.69, 9.17) is 0 Å². The smallest absolute Gasteiger partial charge is 0.259 e. The van der Waals surface area contributed by atoms with Crippen LogP contribution in [0.3, 0.4) is 0 Å². The van der Waals surface area contributed by atoms with Gasteiger partial charge in [0.1, 0.15) is 11.1 Å². The van der Waals surface area contributed by atoms with E-state index in [0.717, 1.165) is 38.5 Å². The highest BCUT2D eigenvalue weighted by Crippen LogP contribution is 2.18. The van der Waals surface area contributed by atoms with E-state index in [1.807, 2.05) is 0 Å². The first kappa shape index (κ1) is 21.2. The summed E-state index contributed by atoms with van der Waals surface area (Å²) in [6.07, 6.45) is 9.14. The lowest BCUT2D eigenvalue weighted by atomic mass is 10.1. The van der Waals surface area contributed by atoms with Crippen LogP contribution in [0, 0.1) is 5.92 Å². The van der Waals surface area contributed by atoms with Crippen LogP contribution in [-0.2, 0) is 6.54 Å². The van der Waals surface area contributed by atoms with Crippen molar-refractivity contribution in [1.82, 2.24) is 14.8 Å². The molecule has 1 aromatic rings. The van der Waals surface area contributed by atoms with Gasteiger partial charge in [0, 0.05) is 38.6 Å². The molecule has 0 bridgehead atoms. The van der Waals surface area contributed by atoms with Gasteiger partial charge >= 0.3 is 0 Å². The Morgan fingerprint density at radius 2 is 1.85 bits per heavy atom. The van der Waals surface area contributed by atoms with Gasteiger partial charge < -0.3 is 14.8 Å². The third kappa shape index (κ3) is 5.68. The fraction of sp³-hybridized carbons (Fsp3) is 0.667. The molecule has 1 aliphatic carbocycles. The standard InChI is InChI=1S/C21H33N3O3/c1-5-6-11-23(4)21(27)18-14-24(12-15(2)3)13-17(19(18)25)20(26)22-16-9-7-8-10-16/h13-16H,5-12H2,1-4H3,(H,22,26). The van der Waals surface area contributed by atoms with Crippen LogP contribution in [-0.4, -0.2) is 40.9 Å². The maximum Gasteiger partial charge on any atom is 0.259 e. The second kappa shape index (κ2) is 9.72. The topological polar surface area (TPSA) is 71.4 Å². The Balaban J connectivity index is 2.35. The summed E-state index contributed by atoms with van der Waals surface area (Å²) in [6.45, 7) is 7.42. The Labute approximate surface area is 161 Å². The van der Waals surface area contributed by atoms with Gasteiger partial charge in [-0.25, -0.2) is 0 Å². The predicted octanol–water partition coefficient (Wildman–Crippen LogP) is 3.05. The molecule has 0 aliphatic heterocycles. The van der Waals surface area contributed by atoms with Gasteiger partial charge in [0.2, 0.25) is 5.43 Å². The van der Waals surface area contributed by atoms with E-state index in [2.05, 4.69) is 26.1 Å². The molecule has 2 rings (SSSR count). The van der Waals surface area contributed by atoms with E-state index < -0.39 is 5.43 Å². The summed E-state index contributed by atoms with van der Waals surface area (Å²) in [5, 5.41) is 2.97.